The Kier molecular flexibility index (Phi) is 10.1. The molecule has 232 valence electrons. The molecule has 4 aromatic rings. The van der Waals surface area contributed by atoms with Crippen molar-refractivity contribution in [1.82, 2.24) is 0 Å². The summed E-state index contributed by atoms with van der Waals surface area (Å²) in [6.07, 6.45) is 4.48. The molecule has 0 aromatic heterocycles. The second-order valence-electron chi connectivity index (χ2n) is 14.7. The maximum absolute atomic E-state index is 6.84. The van der Waals surface area contributed by atoms with E-state index < -0.39 is 23.5 Å². The van der Waals surface area contributed by atoms with Gasteiger partial charge in [0, 0.05) is 6.07 Å². The molecule has 0 fully saturated rings. The molecule has 2 nitrogen and oxygen atoms in total. The monoisotopic (exact) mass is 638 g/mol. The lowest BCUT2D eigenvalue weighted by molar-refractivity contribution is 0.474. The minimum atomic E-state index is -2.09. The molecular weight excluding hydrogens is 588 g/mol. The molecule has 0 aliphatic carbocycles. The fourth-order valence-corrected chi connectivity index (χ4v) is 10.4. The third-order valence-electron chi connectivity index (χ3n) is 9.35. The second-order valence-corrected chi connectivity index (χ2v) is 27.4. The van der Waals surface area contributed by atoms with E-state index >= 15 is 0 Å². The van der Waals surface area contributed by atoms with Gasteiger partial charge in [-0.2, -0.15) is 0 Å². The van der Waals surface area contributed by atoms with E-state index in [1.807, 2.05) is 0 Å². The van der Waals surface area contributed by atoms with Crippen LogP contribution in [0.4, 0.5) is 0 Å². The zero-order valence-corrected chi connectivity index (χ0v) is 31.3. The van der Waals surface area contributed by atoms with Gasteiger partial charge in [-0.1, -0.05) is 150 Å². The van der Waals surface area contributed by atoms with E-state index in [-0.39, 0.29) is 10.1 Å². The molecular formula is C39H51O2PSi2. The van der Waals surface area contributed by atoms with Gasteiger partial charge in [0.1, 0.15) is 11.5 Å². The van der Waals surface area contributed by atoms with Crippen LogP contribution in [0.5, 0.6) is 11.5 Å². The maximum atomic E-state index is 6.84. The van der Waals surface area contributed by atoms with Crippen molar-refractivity contribution in [2.24, 2.45) is 0 Å². The Morgan fingerprint density at radius 2 is 0.864 bits per heavy atom. The summed E-state index contributed by atoms with van der Waals surface area (Å²) >= 11 is 0. The summed E-state index contributed by atoms with van der Waals surface area (Å²) in [6.45, 7) is 20.8. The smallest absolute Gasteiger partial charge is 0.250 e. The van der Waals surface area contributed by atoms with E-state index in [1.54, 1.807) is 0 Å². The third-order valence-corrected chi connectivity index (χ3v) is 22.0. The molecule has 0 heterocycles. The molecule has 0 N–H and O–H groups in total. The third kappa shape index (κ3) is 7.60. The summed E-state index contributed by atoms with van der Waals surface area (Å²) in [6, 6.07) is 39.3. The molecule has 0 aliphatic heterocycles. The van der Waals surface area contributed by atoms with Gasteiger partial charge >= 0.3 is 0 Å². The Morgan fingerprint density at radius 3 is 1.18 bits per heavy atom. The first-order valence-electron chi connectivity index (χ1n) is 15.7. The molecule has 0 saturated heterocycles. The van der Waals surface area contributed by atoms with Crippen molar-refractivity contribution in [3.05, 3.63) is 121 Å². The molecule has 4 rings (SSSR count). The van der Waals surface area contributed by atoms with Crippen molar-refractivity contribution in [2.45, 2.75) is 77.8 Å². The first-order valence-corrected chi connectivity index (χ1v) is 23.3. The maximum Gasteiger partial charge on any atom is 0.250 e. The lowest BCUT2D eigenvalue weighted by atomic mass is 10.2. The first kappa shape index (κ1) is 33.8. The lowest BCUT2D eigenvalue weighted by Crippen LogP contribution is -2.44. The van der Waals surface area contributed by atoms with Crippen LogP contribution in [0, 0.1) is 0 Å². The molecule has 0 bridgehead atoms. The van der Waals surface area contributed by atoms with Crippen LogP contribution in [0.2, 0.25) is 36.3 Å². The Bertz CT molecular complexity index is 1460. The van der Waals surface area contributed by atoms with Crippen molar-refractivity contribution < 1.29 is 8.85 Å². The Morgan fingerprint density at radius 1 is 0.523 bits per heavy atom. The van der Waals surface area contributed by atoms with E-state index in [0.29, 0.717) is 0 Å². The fraction of sp³-hybridized carbons (Fsp3) is 0.308. The summed E-state index contributed by atoms with van der Waals surface area (Å²) in [5, 5.41) is 4.19. The Labute approximate surface area is 269 Å². The van der Waals surface area contributed by atoms with Gasteiger partial charge in [0.25, 0.3) is 0 Å². The normalized spacial score (nSPS) is 13.1. The number of allylic oxidation sites excluding steroid dienone is 1. The molecule has 44 heavy (non-hydrogen) atoms. The molecule has 0 radical (unpaired) electrons. The summed E-state index contributed by atoms with van der Waals surface area (Å²) in [5.74, 6) is 4.23. The van der Waals surface area contributed by atoms with Crippen molar-refractivity contribution in [1.29, 1.82) is 0 Å². The van der Waals surface area contributed by atoms with Crippen LogP contribution in [-0.2, 0) is 0 Å². The number of benzene rings is 4. The van der Waals surface area contributed by atoms with E-state index in [9.17, 15) is 0 Å². The van der Waals surface area contributed by atoms with Crippen molar-refractivity contribution >= 4 is 51.3 Å². The number of hydrogen-bond donors (Lipinski definition) is 0. The molecule has 5 heteroatoms. The quantitative estimate of drug-likeness (QED) is 0.134. The van der Waals surface area contributed by atoms with E-state index in [1.165, 1.54) is 15.9 Å². The minimum absolute atomic E-state index is 0.0954. The van der Waals surface area contributed by atoms with Gasteiger partial charge in [0.15, 0.2) is 0 Å². The van der Waals surface area contributed by atoms with Crippen molar-refractivity contribution in [3.8, 4) is 11.5 Å². The van der Waals surface area contributed by atoms with Gasteiger partial charge in [-0.25, -0.2) is 0 Å². The molecule has 0 saturated carbocycles. The van der Waals surface area contributed by atoms with Crippen LogP contribution in [0.15, 0.2) is 115 Å². The van der Waals surface area contributed by atoms with Gasteiger partial charge in [0.2, 0.25) is 16.6 Å². The standard InChI is InChI=1S/C39H51O2PSi2/c1-38(2,3)43(7,8)40-33-29-32(30-34(31-33)41-44(9,10)39(4,5)6)21-20-28-42(35-22-14-11-15-23-35,36-24-16-12-17-25-36)37-26-18-13-19-27-37/h11-31H,1-10H3/b21-20+. The zero-order valence-electron chi connectivity index (χ0n) is 28.4. The predicted molar refractivity (Wildman–Crippen MR) is 202 cm³/mol. The van der Waals surface area contributed by atoms with Crippen LogP contribution < -0.4 is 24.8 Å². The Balaban J connectivity index is 1.90. The topological polar surface area (TPSA) is 18.5 Å². The molecule has 0 atom stereocenters. The van der Waals surface area contributed by atoms with Gasteiger partial charge in [-0.05, 0) is 76.8 Å². The van der Waals surface area contributed by atoms with Gasteiger partial charge < -0.3 is 8.85 Å². The highest BCUT2D eigenvalue weighted by atomic mass is 31.2. The van der Waals surface area contributed by atoms with Crippen molar-refractivity contribution in [2.75, 3.05) is 0 Å². The van der Waals surface area contributed by atoms with E-state index in [4.69, 9.17) is 8.85 Å². The van der Waals surface area contributed by atoms with Crippen LogP contribution in [0.1, 0.15) is 47.1 Å². The first-order chi connectivity index (χ1) is 20.6. The Hall–Kier alpha value is -3.05. The summed E-state index contributed by atoms with van der Waals surface area (Å²) in [5.41, 5.74) is 1.08. The van der Waals surface area contributed by atoms with Crippen LogP contribution in [-0.4, -0.2) is 22.4 Å². The van der Waals surface area contributed by atoms with E-state index in [0.717, 1.165) is 17.1 Å². The highest BCUT2D eigenvalue weighted by Gasteiger charge is 2.40. The molecule has 4 aromatic carbocycles. The number of hydrogen-bond acceptors (Lipinski definition) is 2. The van der Waals surface area contributed by atoms with Crippen LogP contribution in [0.3, 0.4) is 0 Å². The van der Waals surface area contributed by atoms with Gasteiger partial charge in [0.05, 0.1) is 0 Å². The second kappa shape index (κ2) is 13.1. The van der Waals surface area contributed by atoms with Gasteiger partial charge in [-0.3, -0.25) is 0 Å². The fourth-order valence-electron chi connectivity index (χ4n) is 4.68. The summed E-state index contributed by atoms with van der Waals surface area (Å²) in [7, 11) is -4.10. The van der Waals surface area contributed by atoms with Gasteiger partial charge in [-0.15, -0.1) is 0 Å². The largest absolute Gasteiger partial charge is 0.543 e. The lowest BCUT2D eigenvalue weighted by Gasteiger charge is -2.38. The predicted octanol–water partition coefficient (Wildman–Crippen LogP) is 10.3. The molecule has 0 spiro atoms. The molecule has 0 unspecified atom stereocenters. The average Bonchev–Trinajstić information content (AvgIpc) is 2.95. The van der Waals surface area contributed by atoms with Crippen LogP contribution >= 0.6 is 6.89 Å². The summed E-state index contributed by atoms with van der Waals surface area (Å²) in [4.78, 5) is 0. The summed E-state index contributed by atoms with van der Waals surface area (Å²) < 4.78 is 13.7. The SMILES string of the molecule is CC(C)(C)[Si](C)(C)Oc1cc(/C=C/C=P(c2ccccc2)(c2ccccc2)c2ccccc2)cc(O[Si](C)(C)C(C)(C)C)c1. The zero-order chi connectivity index (χ0) is 32.2. The highest BCUT2D eigenvalue weighted by molar-refractivity contribution is 7.94. The molecule has 0 aliphatic rings. The number of rotatable bonds is 9. The highest BCUT2D eigenvalue weighted by Crippen LogP contribution is 2.44. The minimum Gasteiger partial charge on any atom is -0.543 e. The van der Waals surface area contributed by atoms with E-state index in [2.05, 4.69) is 195 Å². The molecule has 0 amide bonds. The van der Waals surface area contributed by atoms with Crippen molar-refractivity contribution in [3.63, 3.8) is 0 Å². The average molecular weight is 639 g/mol. The van der Waals surface area contributed by atoms with Crippen LogP contribution in [0.25, 0.3) is 6.08 Å².